The minimum absolute atomic E-state index is 0.365. The van der Waals surface area contributed by atoms with Crippen molar-refractivity contribution in [1.82, 2.24) is 10.6 Å². The highest BCUT2D eigenvalue weighted by Gasteiger charge is 2.33. The molecule has 0 aliphatic carbocycles. The molecule has 1 heterocycles. The van der Waals surface area contributed by atoms with Crippen LogP contribution in [0.1, 0.15) is 44.7 Å². The van der Waals surface area contributed by atoms with Crippen LogP contribution < -0.4 is 20.1 Å². The van der Waals surface area contributed by atoms with E-state index in [1.807, 2.05) is 13.0 Å². The number of esters is 1. The first kappa shape index (κ1) is 20.0. The summed E-state index contributed by atoms with van der Waals surface area (Å²) >= 11 is 5.28. The highest BCUT2D eigenvalue weighted by atomic mass is 32.1. The van der Waals surface area contributed by atoms with E-state index in [4.69, 9.17) is 26.4 Å². The van der Waals surface area contributed by atoms with E-state index in [9.17, 15) is 4.79 Å². The number of allylic oxidation sites excluding steroid dienone is 1. The van der Waals surface area contributed by atoms with E-state index in [0.717, 1.165) is 24.8 Å². The van der Waals surface area contributed by atoms with Crippen molar-refractivity contribution in [3.63, 3.8) is 0 Å². The average Bonchev–Trinajstić information content (AvgIpc) is 2.63. The molecule has 1 atom stereocenters. The fourth-order valence-electron chi connectivity index (χ4n) is 2.86. The Balaban J connectivity index is 2.36. The second-order valence-corrected chi connectivity index (χ2v) is 6.43. The number of ether oxygens (including phenoxy) is 3. The molecule has 142 valence electrons. The number of carbonyl (C=O) groups excluding carboxylic acids is 1. The van der Waals surface area contributed by atoms with Gasteiger partial charge in [0.05, 0.1) is 32.4 Å². The molecule has 0 radical (unpaired) electrons. The second kappa shape index (κ2) is 9.43. The van der Waals surface area contributed by atoms with Gasteiger partial charge in [-0.05, 0) is 43.8 Å². The number of unbranched alkanes of at least 4 members (excludes halogenated alkanes) is 2. The van der Waals surface area contributed by atoms with Crippen LogP contribution in [0.2, 0.25) is 0 Å². The molecule has 0 amide bonds. The van der Waals surface area contributed by atoms with Gasteiger partial charge in [-0.1, -0.05) is 19.8 Å². The predicted molar refractivity (Wildman–Crippen MR) is 104 cm³/mol. The van der Waals surface area contributed by atoms with Gasteiger partial charge < -0.3 is 24.8 Å². The molecule has 0 saturated carbocycles. The van der Waals surface area contributed by atoms with Gasteiger partial charge in [0, 0.05) is 11.3 Å². The van der Waals surface area contributed by atoms with Gasteiger partial charge in [-0.3, -0.25) is 0 Å². The molecule has 0 unspecified atom stereocenters. The minimum atomic E-state index is -0.479. The summed E-state index contributed by atoms with van der Waals surface area (Å²) in [5.41, 5.74) is 1.92. The molecule has 1 aliphatic heterocycles. The zero-order valence-electron chi connectivity index (χ0n) is 15.7. The van der Waals surface area contributed by atoms with Gasteiger partial charge in [-0.25, -0.2) is 4.79 Å². The third-order valence-electron chi connectivity index (χ3n) is 4.22. The molecule has 26 heavy (non-hydrogen) atoms. The predicted octanol–water partition coefficient (Wildman–Crippen LogP) is 3.23. The first-order valence-corrected chi connectivity index (χ1v) is 9.10. The largest absolute Gasteiger partial charge is 0.497 e. The smallest absolute Gasteiger partial charge is 0.338 e. The molecule has 0 bridgehead atoms. The molecule has 0 saturated heterocycles. The second-order valence-electron chi connectivity index (χ2n) is 6.02. The minimum Gasteiger partial charge on any atom is -0.497 e. The van der Waals surface area contributed by atoms with Crippen molar-refractivity contribution in [2.75, 3.05) is 20.8 Å². The molecule has 0 fully saturated rings. The number of carbonyl (C=O) groups is 1. The third kappa shape index (κ3) is 4.66. The molecule has 1 aliphatic rings. The lowest BCUT2D eigenvalue weighted by molar-refractivity contribution is -0.139. The Morgan fingerprint density at radius 2 is 2.00 bits per heavy atom. The normalized spacial score (nSPS) is 16.6. The van der Waals surface area contributed by atoms with E-state index in [1.54, 1.807) is 26.4 Å². The summed E-state index contributed by atoms with van der Waals surface area (Å²) in [5, 5.41) is 6.60. The van der Waals surface area contributed by atoms with Gasteiger partial charge in [0.1, 0.15) is 11.5 Å². The molecular weight excluding hydrogens is 352 g/mol. The van der Waals surface area contributed by atoms with Crippen molar-refractivity contribution >= 4 is 23.3 Å². The van der Waals surface area contributed by atoms with Crippen molar-refractivity contribution < 1.29 is 19.0 Å². The van der Waals surface area contributed by atoms with Gasteiger partial charge in [0.2, 0.25) is 0 Å². The van der Waals surface area contributed by atoms with Crippen molar-refractivity contribution in [2.24, 2.45) is 0 Å². The van der Waals surface area contributed by atoms with E-state index in [0.29, 0.717) is 34.5 Å². The first-order chi connectivity index (χ1) is 12.5. The molecule has 2 N–H and O–H groups in total. The number of hydrogen-bond acceptors (Lipinski definition) is 5. The maximum absolute atomic E-state index is 12.7. The lowest BCUT2D eigenvalue weighted by Gasteiger charge is -2.30. The van der Waals surface area contributed by atoms with Gasteiger partial charge in [0.25, 0.3) is 0 Å². The molecular formula is C19H26N2O4S. The van der Waals surface area contributed by atoms with Crippen molar-refractivity contribution in [3.8, 4) is 11.5 Å². The number of benzene rings is 1. The lowest BCUT2D eigenvalue weighted by Crippen LogP contribution is -2.45. The summed E-state index contributed by atoms with van der Waals surface area (Å²) in [6.07, 6.45) is 2.94. The van der Waals surface area contributed by atoms with Crippen molar-refractivity contribution in [2.45, 2.75) is 39.2 Å². The van der Waals surface area contributed by atoms with Crippen LogP contribution in [0.3, 0.4) is 0 Å². The quantitative estimate of drug-likeness (QED) is 0.409. The van der Waals surface area contributed by atoms with Crippen LogP contribution >= 0.6 is 12.2 Å². The molecule has 1 aromatic rings. The Kier molecular flexibility index (Phi) is 7.26. The van der Waals surface area contributed by atoms with Crippen LogP contribution in [0.5, 0.6) is 11.5 Å². The highest BCUT2D eigenvalue weighted by Crippen LogP contribution is 2.35. The summed E-state index contributed by atoms with van der Waals surface area (Å²) in [4.78, 5) is 12.7. The van der Waals surface area contributed by atoms with Crippen LogP contribution in [0.15, 0.2) is 29.5 Å². The first-order valence-electron chi connectivity index (χ1n) is 8.69. The zero-order valence-corrected chi connectivity index (χ0v) is 16.5. The Morgan fingerprint density at radius 3 is 2.65 bits per heavy atom. The van der Waals surface area contributed by atoms with Gasteiger partial charge in [-0.2, -0.15) is 0 Å². The van der Waals surface area contributed by atoms with E-state index in [2.05, 4.69) is 17.6 Å². The Bertz CT molecular complexity index is 703. The molecule has 1 aromatic carbocycles. The monoisotopic (exact) mass is 378 g/mol. The number of thiocarbonyl (C=S) groups is 1. The van der Waals surface area contributed by atoms with Crippen LogP contribution in [0, 0.1) is 0 Å². The number of rotatable bonds is 8. The van der Waals surface area contributed by atoms with Crippen LogP contribution in [-0.2, 0) is 9.53 Å². The maximum Gasteiger partial charge on any atom is 0.338 e. The molecule has 2 rings (SSSR count). The van der Waals surface area contributed by atoms with Gasteiger partial charge in [-0.15, -0.1) is 0 Å². The Labute approximate surface area is 159 Å². The maximum atomic E-state index is 12.7. The van der Waals surface area contributed by atoms with Gasteiger partial charge in [0.15, 0.2) is 5.11 Å². The summed E-state index contributed by atoms with van der Waals surface area (Å²) in [5.74, 6) is 0.938. The van der Waals surface area contributed by atoms with E-state index >= 15 is 0 Å². The van der Waals surface area contributed by atoms with Gasteiger partial charge >= 0.3 is 5.97 Å². The summed E-state index contributed by atoms with van der Waals surface area (Å²) in [7, 11) is 3.18. The van der Waals surface area contributed by atoms with Crippen LogP contribution in [-0.4, -0.2) is 31.9 Å². The van der Waals surface area contributed by atoms with Crippen molar-refractivity contribution in [1.29, 1.82) is 0 Å². The fraction of sp³-hybridized carbons (Fsp3) is 0.474. The Morgan fingerprint density at radius 1 is 1.23 bits per heavy atom. The fourth-order valence-corrected chi connectivity index (χ4v) is 3.13. The van der Waals surface area contributed by atoms with E-state index in [-0.39, 0.29) is 5.97 Å². The van der Waals surface area contributed by atoms with Crippen LogP contribution in [0.25, 0.3) is 0 Å². The van der Waals surface area contributed by atoms with Crippen molar-refractivity contribution in [3.05, 3.63) is 35.0 Å². The van der Waals surface area contributed by atoms with E-state index < -0.39 is 6.04 Å². The lowest BCUT2D eigenvalue weighted by atomic mass is 9.94. The SMILES string of the molecule is CCCCCOC(=O)C1=C(C)NC(=S)N[C@H]1c1cc(OC)ccc1OC. The number of hydrogen-bond donors (Lipinski definition) is 2. The molecule has 6 nitrogen and oxygen atoms in total. The standard InChI is InChI=1S/C19H26N2O4S/c1-5-6-7-10-25-18(22)16-12(2)20-19(26)21-17(16)14-11-13(23-3)8-9-15(14)24-4/h8-9,11,17H,5-7,10H2,1-4H3,(H2,20,21,26)/t17-/m0/s1. The topological polar surface area (TPSA) is 68.8 Å². The summed E-state index contributed by atoms with van der Waals surface area (Å²) in [6.45, 7) is 4.32. The van der Waals surface area contributed by atoms with E-state index in [1.165, 1.54) is 0 Å². The molecule has 0 spiro atoms. The summed E-state index contributed by atoms with van der Waals surface area (Å²) in [6, 6.07) is 4.97. The summed E-state index contributed by atoms with van der Waals surface area (Å²) < 4.78 is 16.3. The molecule has 0 aromatic heterocycles. The zero-order chi connectivity index (χ0) is 19.1. The number of methoxy groups -OCH3 is 2. The Hall–Kier alpha value is -2.28. The van der Waals surface area contributed by atoms with Crippen LogP contribution in [0.4, 0.5) is 0 Å². The average molecular weight is 378 g/mol. The third-order valence-corrected chi connectivity index (χ3v) is 4.44. The molecule has 7 heteroatoms. The highest BCUT2D eigenvalue weighted by molar-refractivity contribution is 7.80. The number of nitrogens with one attached hydrogen (secondary N) is 2.